The summed E-state index contributed by atoms with van der Waals surface area (Å²) in [5, 5.41) is 11.2. The van der Waals surface area contributed by atoms with Gasteiger partial charge in [-0.1, -0.05) is 0 Å². The van der Waals surface area contributed by atoms with Gasteiger partial charge >= 0.3 is 0 Å². The second kappa shape index (κ2) is 9.01. The van der Waals surface area contributed by atoms with Crippen molar-refractivity contribution in [2.24, 2.45) is 0 Å². The van der Waals surface area contributed by atoms with Crippen LogP contribution in [0.3, 0.4) is 0 Å². The van der Waals surface area contributed by atoms with Gasteiger partial charge in [0.05, 0.1) is 37.9 Å². The molecule has 1 amide bonds. The quantitative estimate of drug-likeness (QED) is 0.328. The van der Waals surface area contributed by atoms with Gasteiger partial charge in [-0.25, -0.2) is 4.98 Å². The summed E-state index contributed by atoms with van der Waals surface area (Å²) >= 11 is 0. The molecule has 32 heavy (non-hydrogen) atoms. The minimum atomic E-state index is -0.848. The summed E-state index contributed by atoms with van der Waals surface area (Å²) in [5.41, 5.74) is 0.234. The topological polar surface area (TPSA) is 107 Å². The minimum absolute atomic E-state index is 0.0453. The van der Waals surface area contributed by atoms with Crippen LogP contribution in [0.15, 0.2) is 65.3 Å². The molecule has 0 saturated carbocycles. The Morgan fingerprint density at radius 3 is 2.69 bits per heavy atom. The lowest BCUT2D eigenvalue weighted by Gasteiger charge is -2.23. The minimum Gasteiger partial charge on any atom is -0.507 e. The van der Waals surface area contributed by atoms with Gasteiger partial charge in [0.15, 0.2) is 0 Å². The van der Waals surface area contributed by atoms with E-state index in [2.05, 4.69) is 4.98 Å². The molecule has 0 aliphatic carbocycles. The second-order valence-corrected chi connectivity index (χ2v) is 7.23. The zero-order chi connectivity index (χ0) is 22.7. The van der Waals surface area contributed by atoms with Crippen LogP contribution in [0.25, 0.3) is 5.76 Å². The number of likely N-dealkylation sites (tertiary alicyclic amines) is 1. The number of carbonyl (C=O) groups excluding carboxylic acids is 2. The first-order chi connectivity index (χ1) is 15.5. The molecule has 1 aromatic carbocycles. The lowest BCUT2D eigenvalue weighted by molar-refractivity contribution is -0.140. The molecule has 0 spiro atoms. The fourth-order valence-electron chi connectivity index (χ4n) is 3.84. The van der Waals surface area contributed by atoms with Gasteiger partial charge in [0, 0.05) is 31.5 Å². The second-order valence-electron chi connectivity index (χ2n) is 7.23. The molecule has 1 unspecified atom stereocenters. The van der Waals surface area contributed by atoms with Crippen LogP contribution in [0.1, 0.15) is 23.8 Å². The van der Waals surface area contributed by atoms with Gasteiger partial charge in [-0.3, -0.25) is 9.59 Å². The number of aliphatic hydroxyl groups is 1. The highest BCUT2D eigenvalue weighted by atomic mass is 16.5. The summed E-state index contributed by atoms with van der Waals surface area (Å²) in [6, 6.07) is 7.32. The zero-order valence-electron chi connectivity index (χ0n) is 17.7. The molecule has 9 nitrogen and oxygen atoms in total. The predicted octanol–water partition coefficient (Wildman–Crippen LogP) is 3.01. The van der Waals surface area contributed by atoms with E-state index < -0.39 is 17.7 Å². The number of Topliss-reactive ketones (excluding diaryl/α,β-unsaturated/α-hetero) is 1. The summed E-state index contributed by atoms with van der Waals surface area (Å²) in [4.78, 5) is 31.4. The third kappa shape index (κ3) is 3.84. The molecular formula is C23H23N3O6. The predicted molar refractivity (Wildman–Crippen MR) is 114 cm³/mol. The van der Waals surface area contributed by atoms with Crippen molar-refractivity contribution in [2.75, 3.05) is 20.8 Å². The molecular weight excluding hydrogens is 414 g/mol. The highest BCUT2D eigenvalue weighted by molar-refractivity contribution is 6.46. The Kier molecular flexibility index (Phi) is 5.98. The first-order valence-corrected chi connectivity index (χ1v) is 10.0. The maximum Gasteiger partial charge on any atom is 0.295 e. The van der Waals surface area contributed by atoms with E-state index in [0.29, 0.717) is 36.8 Å². The van der Waals surface area contributed by atoms with Crippen molar-refractivity contribution in [3.63, 3.8) is 0 Å². The number of furan rings is 1. The molecule has 1 fully saturated rings. The molecule has 1 N–H and O–H groups in total. The van der Waals surface area contributed by atoms with E-state index in [9.17, 15) is 14.7 Å². The molecule has 3 heterocycles. The van der Waals surface area contributed by atoms with Gasteiger partial charge in [-0.05, 0) is 30.7 Å². The van der Waals surface area contributed by atoms with Crippen LogP contribution >= 0.6 is 0 Å². The van der Waals surface area contributed by atoms with Gasteiger partial charge < -0.3 is 28.5 Å². The maximum atomic E-state index is 13.0. The summed E-state index contributed by atoms with van der Waals surface area (Å²) in [5.74, 6) is -0.565. The number of nitrogens with zero attached hydrogens (tertiary/aromatic N) is 3. The van der Waals surface area contributed by atoms with Gasteiger partial charge in [0.2, 0.25) is 0 Å². The zero-order valence-corrected chi connectivity index (χ0v) is 17.7. The molecule has 1 atom stereocenters. The van der Waals surface area contributed by atoms with E-state index in [1.165, 1.54) is 25.4 Å². The van der Waals surface area contributed by atoms with E-state index in [0.717, 1.165) is 0 Å². The number of benzene rings is 1. The van der Waals surface area contributed by atoms with Gasteiger partial charge in [0.25, 0.3) is 11.7 Å². The van der Waals surface area contributed by atoms with Crippen molar-refractivity contribution in [3.05, 3.63) is 72.2 Å². The highest BCUT2D eigenvalue weighted by Gasteiger charge is 2.47. The molecule has 4 rings (SSSR count). The monoisotopic (exact) mass is 437 g/mol. The summed E-state index contributed by atoms with van der Waals surface area (Å²) in [7, 11) is 2.96. The van der Waals surface area contributed by atoms with Crippen LogP contribution < -0.4 is 9.47 Å². The van der Waals surface area contributed by atoms with Crippen molar-refractivity contribution in [2.45, 2.75) is 19.0 Å². The van der Waals surface area contributed by atoms with Crippen LogP contribution in [-0.4, -0.2) is 52.0 Å². The number of aromatic nitrogens is 2. The lowest BCUT2D eigenvalue weighted by atomic mass is 9.98. The molecule has 2 aromatic heterocycles. The molecule has 0 bridgehead atoms. The fraction of sp³-hybridized carbons (Fsp3) is 0.261. The standard InChI is InChI=1S/C23H23N3O6/c1-30-15-6-7-16(18(13-15)31-2)21(27)19-20(17-5-3-12-32-17)26(23(29)22(19)28)10-4-9-25-11-8-24-14-25/h3,5-8,11-14,20,27H,4,9-10H2,1-2H3/b21-19+. The van der Waals surface area contributed by atoms with E-state index in [4.69, 9.17) is 13.9 Å². The molecule has 1 aliphatic heterocycles. The number of ketones is 1. The van der Waals surface area contributed by atoms with Crippen molar-refractivity contribution >= 4 is 17.4 Å². The number of hydrogen-bond acceptors (Lipinski definition) is 7. The number of aliphatic hydroxyl groups excluding tert-OH is 1. The molecule has 1 saturated heterocycles. The number of amides is 1. The van der Waals surface area contributed by atoms with Crippen molar-refractivity contribution in [3.8, 4) is 11.5 Å². The third-order valence-electron chi connectivity index (χ3n) is 5.39. The van der Waals surface area contributed by atoms with Crippen LogP contribution in [0.5, 0.6) is 11.5 Å². The highest BCUT2D eigenvalue weighted by Crippen LogP contribution is 2.41. The van der Waals surface area contributed by atoms with E-state index in [1.54, 1.807) is 42.9 Å². The molecule has 0 radical (unpaired) electrons. The van der Waals surface area contributed by atoms with Crippen LogP contribution in [0.4, 0.5) is 0 Å². The maximum absolute atomic E-state index is 13.0. The number of carbonyl (C=O) groups is 2. The number of ether oxygens (including phenoxy) is 2. The Bertz CT molecular complexity index is 1130. The smallest absolute Gasteiger partial charge is 0.295 e. The molecule has 166 valence electrons. The first-order valence-electron chi connectivity index (χ1n) is 10.0. The number of imidazole rings is 1. The Morgan fingerprint density at radius 2 is 2.03 bits per heavy atom. The normalized spacial score (nSPS) is 17.7. The van der Waals surface area contributed by atoms with Gasteiger partial charge in [0.1, 0.15) is 29.1 Å². The average molecular weight is 437 g/mol. The van der Waals surface area contributed by atoms with Crippen LogP contribution in [0.2, 0.25) is 0 Å². The first kappa shape index (κ1) is 21.2. The Hall–Kier alpha value is -4.01. The van der Waals surface area contributed by atoms with Crippen molar-refractivity contribution in [1.29, 1.82) is 0 Å². The Labute approximate surface area is 184 Å². The SMILES string of the molecule is COc1ccc(/C(O)=C2\C(=O)C(=O)N(CCCn3ccnc3)C2c2ccco2)c(OC)c1. The fourth-order valence-corrected chi connectivity index (χ4v) is 3.84. The summed E-state index contributed by atoms with van der Waals surface area (Å²) in [6.07, 6.45) is 7.25. The van der Waals surface area contributed by atoms with Crippen LogP contribution in [-0.2, 0) is 16.1 Å². The number of aryl methyl sites for hydroxylation is 1. The number of methoxy groups -OCH3 is 2. The molecule has 1 aliphatic rings. The van der Waals surface area contributed by atoms with Crippen molar-refractivity contribution in [1.82, 2.24) is 14.5 Å². The molecule has 9 heteroatoms. The third-order valence-corrected chi connectivity index (χ3v) is 5.39. The summed E-state index contributed by atoms with van der Waals surface area (Å²) in [6.45, 7) is 0.921. The molecule has 3 aromatic rings. The Balaban J connectivity index is 1.73. The average Bonchev–Trinajstić information content (AvgIpc) is 3.57. The van der Waals surface area contributed by atoms with E-state index in [1.807, 2.05) is 10.8 Å². The number of rotatable bonds is 8. The largest absolute Gasteiger partial charge is 0.507 e. The van der Waals surface area contributed by atoms with Gasteiger partial charge in [-0.2, -0.15) is 0 Å². The lowest BCUT2D eigenvalue weighted by Crippen LogP contribution is -2.31. The van der Waals surface area contributed by atoms with Gasteiger partial charge in [-0.15, -0.1) is 0 Å². The Morgan fingerprint density at radius 1 is 1.19 bits per heavy atom. The van der Waals surface area contributed by atoms with E-state index in [-0.39, 0.29) is 16.9 Å². The number of hydrogen-bond donors (Lipinski definition) is 1. The summed E-state index contributed by atoms with van der Waals surface area (Å²) < 4.78 is 18.0. The van der Waals surface area contributed by atoms with E-state index >= 15 is 0 Å². The van der Waals surface area contributed by atoms with Crippen molar-refractivity contribution < 1.29 is 28.6 Å². The van der Waals surface area contributed by atoms with Crippen LogP contribution in [0, 0.1) is 0 Å².